The van der Waals surface area contributed by atoms with Gasteiger partial charge >= 0.3 is 0 Å². The largest absolute Gasteiger partial charge is 0.338 e. The molecule has 2 aromatic heterocycles. The Bertz CT molecular complexity index is 901. The van der Waals surface area contributed by atoms with Gasteiger partial charge in [-0.15, -0.1) is 11.3 Å². The third kappa shape index (κ3) is 3.48. The summed E-state index contributed by atoms with van der Waals surface area (Å²) >= 11 is 1.43. The van der Waals surface area contributed by atoms with Crippen LogP contribution in [0.25, 0.3) is 10.6 Å². The first-order valence-electron chi connectivity index (χ1n) is 6.97. The third-order valence-corrected chi connectivity index (χ3v) is 6.27. The highest BCUT2D eigenvalue weighted by Gasteiger charge is 2.28. The minimum absolute atomic E-state index is 0.112. The molecule has 1 atom stereocenters. The lowest BCUT2D eigenvalue weighted by molar-refractivity contribution is 0.373. The lowest BCUT2D eigenvalue weighted by atomic mass is 10.2. The summed E-state index contributed by atoms with van der Waals surface area (Å²) in [6.45, 7) is 3.20. The number of aromatic nitrogens is 3. The topological polar surface area (TPSA) is 86.0 Å². The Labute approximate surface area is 138 Å². The Hall–Kier alpha value is -2.06. The maximum atomic E-state index is 12.5. The maximum Gasteiger partial charge on any atom is 0.244 e. The van der Waals surface area contributed by atoms with Crippen molar-refractivity contribution in [2.45, 2.75) is 24.9 Å². The van der Waals surface area contributed by atoms with Crippen LogP contribution in [-0.2, 0) is 15.6 Å². The molecule has 0 saturated heterocycles. The van der Waals surface area contributed by atoms with Gasteiger partial charge in [-0.1, -0.05) is 35.5 Å². The van der Waals surface area contributed by atoms with Gasteiger partial charge in [0.25, 0.3) is 0 Å². The summed E-state index contributed by atoms with van der Waals surface area (Å²) in [6.07, 6.45) is 0. The number of hydrogen-bond donors (Lipinski definition) is 0. The average Bonchev–Trinajstić information content (AvgIpc) is 3.16. The summed E-state index contributed by atoms with van der Waals surface area (Å²) in [5, 5.41) is 5.35. The van der Waals surface area contributed by atoms with E-state index in [1.807, 2.05) is 30.3 Å². The number of sulfone groups is 1. The molecular weight excluding hydrogens is 334 g/mol. The second kappa shape index (κ2) is 6.21. The van der Waals surface area contributed by atoms with E-state index in [-0.39, 0.29) is 11.6 Å². The molecule has 0 unspecified atom stereocenters. The molecule has 6 nitrogen and oxygen atoms in total. The smallest absolute Gasteiger partial charge is 0.244 e. The zero-order valence-electron chi connectivity index (χ0n) is 12.6. The molecule has 1 aromatic carbocycles. The van der Waals surface area contributed by atoms with Crippen LogP contribution in [0.4, 0.5) is 0 Å². The van der Waals surface area contributed by atoms with Gasteiger partial charge in [0.15, 0.2) is 15.7 Å². The first-order chi connectivity index (χ1) is 11.0. The van der Waals surface area contributed by atoms with Crippen molar-refractivity contribution in [3.05, 3.63) is 53.1 Å². The van der Waals surface area contributed by atoms with E-state index >= 15 is 0 Å². The van der Waals surface area contributed by atoms with Gasteiger partial charge in [0.05, 0.1) is 11.4 Å². The minimum atomic E-state index is -3.47. The Morgan fingerprint density at radius 3 is 2.61 bits per heavy atom. The Morgan fingerprint density at radius 2 is 1.96 bits per heavy atom. The molecule has 0 radical (unpaired) electrons. The van der Waals surface area contributed by atoms with Crippen LogP contribution in [0, 0.1) is 6.92 Å². The van der Waals surface area contributed by atoms with Crippen LogP contribution in [0.3, 0.4) is 0 Å². The predicted octanol–water partition coefficient (Wildman–Crippen LogP) is 3.18. The molecule has 0 fully saturated rings. The van der Waals surface area contributed by atoms with E-state index in [1.165, 1.54) is 11.3 Å². The van der Waals surface area contributed by atoms with E-state index in [4.69, 9.17) is 4.52 Å². The molecule has 0 amide bonds. The molecule has 0 aliphatic heterocycles. The van der Waals surface area contributed by atoms with Gasteiger partial charge in [-0.3, -0.25) is 0 Å². The molecule has 23 heavy (non-hydrogen) atoms. The highest BCUT2D eigenvalue weighted by atomic mass is 32.2. The zero-order valence-corrected chi connectivity index (χ0v) is 14.3. The highest BCUT2D eigenvalue weighted by Crippen LogP contribution is 2.27. The molecule has 0 N–H and O–H groups in total. The minimum Gasteiger partial charge on any atom is -0.338 e. The fourth-order valence-corrected chi connectivity index (χ4v) is 4.19. The van der Waals surface area contributed by atoms with Gasteiger partial charge in [-0.25, -0.2) is 13.4 Å². The van der Waals surface area contributed by atoms with Gasteiger partial charge < -0.3 is 4.52 Å². The summed E-state index contributed by atoms with van der Waals surface area (Å²) in [6, 6.07) is 9.67. The summed E-state index contributed by atoms with van der Waals surface area (Å²) < 4.78 is 30.0. The maximum absolute atomic E-state index is 12.5. The SMILES string of the molecule is Cc1noc([C@@H](C)S(=O)(=O)Cc2csc(-c3ccccc3)n2)n1. The molecule has 0 saturated carbocycles. The van der Waals surface area contributed by atoms with Gasteiger partial charge in [0.1, 0.15) is 10.3 Å². The second-order valence-electron chi connectivity index (χ2n) is 5.14. The standard InChI is InChI=1S/C15H15N3O3S2/c1-10(14-16-11(2)18-21-14)23(19,20)9-13-8-22-15(17-13)12-6-4-3-5-7-12/h3-8,10H,9H2,1-2H3/t10-/m1/s1. The zero-order chi connectivity index (χ0) is 16.4. The molecule has 120 valence electrons. The van der Waals surface area contributed by atoms with E-state index in [1.54, 1.807) is 19.2 Å². The van der Waals surface area contributed by atoms with Crippen molar-refractivity contribution in [3.63, 3.8) is 0 Å². The van der Waals surface area contributed by atoms with Crippen LogP contribution >= 0.6 is 11.3 Å². The average molecular weight is 349 g/mol. The molecule has 3 rings (SSSR count). The van der Waals surface area contributed by atoms with E-state index < -0.39 is 15.1 Å². The normalized spacial score (nSPS) is 13.1. The second-order valence-corrected chi connectivity index (χ2v) is 8.32. The van der Waals surface area contributed by atoms with E-state index in [0.717, 1.165) is 10.6 Å². The van der Waals surface area contributed by atoms with Crippen LogP contribution in [0.5, 0.6) is 0 Å². The number of nitrogens with zero attached hydrogens (tertiary/aromatic N) is 3. The number of benzene rings is 1. The fourth-order valence-electron chi connectivity index (χ4n) is 2.05. The Kier molecular flexibility index (Phi) is 4.27. The summed E-state index contributed by atoms with van der Waals surface area (Å²) in [4.78, 5) is 8.42. The monoisotopic (exact) mass is 349 g/mol. The van der Waals surface area contributed by atoms with Crippen LogP contribution < -0.4 is 0 Å². The van der Waals surface area contributed by atoms with Crippen molar-refractivity contribution in [1.82, 2.24) is 15.1 Å². The molecule has 0 spiro atoms. The van der Waals surface area contributed by atoms with Crippen LogP contribution in [0.1, 0.15) is 29.6 Å². The Morgan fingerprint density at radius 1 is 1.22 bits per heavy atom. The van der Waals surface area contributed by atoms with Crippen molar-refractivity contribution in [1.29, 1.82) is 0 Å². The number of aryl methyl sites for hydroxylation is 1. The Balaban J connectivity index is 1.80. The first-order valence-corrected chi connectivity index (χ1v) is 9.57. The molecule has 0 bridgehead atoms. The van der Waals surface area contributed by atoms with Crippen molar-refractivity contribution < 1.29 is 12.9 Å². The lowest BCUT2D eigenvalue weighted by Crippen LogP contribution is -2.13. The fraction of sp³-hybridized carbons (Fsp3) is 0.267. The van der Waals surface area contributed by atoms with E-state index in [2.05, 4.69) is 15.1 Å². The van der Waals surface area contributed by atoms with Crippen molar-refractivity contribution in [3.8, 4) is 10.6 Å². The number of rotatable bonds is 5. The molecular formula is C15H15N3O3S2. The summed E-state index contributed by atoms with van der Waals surface area (Å²) in [5.74, 6) is 0.377. The van der Waals surface area contributed by atoms with Crippen LogP contribution in [0.15, 0.2) is 40.2 Å². The number of thiazole rings is 1. The van der Waals surface area contributed by atoms with Crippen molar-refractivity contribution >= 4 is 21.2 Å². The van der Waals surface area contributed by atoms with Gasteiger partial charge in [0.2, 0.25) is 5.89 Å². The van der Waals surface area contributed by atoms with Crippen molar-refractivity contribution in [2.75, 3.05) is 0 Å². The van der Waals surface area contributed by atoms with Crippen LogP contribution in [0.2, 0.25) is 0 Å². The van der Waals surface area contributed by atoms with E-state index in [0.29, 0.717) is 11.5 Å². The highest BCUT2D eigenvalue weighted by molar-refractivity contribution is 7.90. The predicted molar refractivity (Wildman–Crippen MR) is 87.6 cm³/mol. The first kappa shape index (κ1) is 15.8. The molecule has 0 aliphatic rings. The lowest BCUT2D eigenvalue weighted by Gasteiger charge is -2.07. The molecule has 3 aromatic rings. The van der Waals surface area contributed by atoms with Crippen LogP contribution in [-0.4, -0.2) is 23.5 Å². The molecule has 2 heterocycles. The van der Waals surface area contributed by atoms with E-state index in [9.17, 15) is 8.42 Å². The van der Waals surface area contributed by atoms with Gasteiger partial charge in [0, 0.05) is 10.9 Å². The summed E-state index contributed by atoms with van der Waals surface area (Å²) in [7, 11) is -3.47. The quantitative estimate of drug-likeness (QED) is 0.703. The van der Waals surface area contributed by atoms with Gasteiger partial charge in [-0.2, -0.15) is 4.98 Å². The van der Waals surface area contributed by atoms with Gasteiger partial charge in [-0.05, 0) is 13.8 Å². The van der Waals surface area contributed by atoms with Crippen molar-refractivity contribution in [2.24, 2.45) is 0 Å². The molecule has 8 heteroatoms. The summed E-state index contributed by atoms with van der Waals surface area (Å²) in [5.41, 5.74) is 1.50. The molecule has 0 aliphatic carbocycles. The third-order valence-electron chi connectivity index (χ3n) is 3.35. The number of hydrogen-bond acceptors (Lipinski definition) is 7.